The number of benzene rings is 1. The summed E-state index contributed by atoms with van der Waals surface area (Å²) in [6.07, 6.45) is 3.76. The molecule has 0 saturated carbocycles. The van der Waals surface area contributed by atoms with E-state index in [1.165, 1.54) is 11.1 Å². The van der Waals surface area contributed by atoms with Crippen LogP contribution >= 0.6 is 11.8 Å². The zero-order valence-electron chi connectivity index (χ0n) is 10.7. The molecule has 0 unspecified atom stereocenters. The number of nitrogens with one attached hydrogen (secondary N) is 1. The fourth-order valence-corrected chi connectivity index (χ4v) is 2.49. The van der Waals surface area contributed by atoms with Crippen LogP contribution in [-0.4, -0.2) is 17.0 Å². The lowest BCUT2D eigenvalue weighted by Gasteiger charge is -2.05. The Hall–Kier alpha value is -1.39. The smallest absolute Gasteiger partial charge is 0.187 e. The lowest BCUT2D eigenvalue weighted by molar-refractivity contribution is 0.793. The van der Waals surface area contributed by atoms with E-state index in [-0.39, 0.29) is 0 Å². The number of hydrogen-bond acceptors (Lipinski definition) is 4. The predicted octanol–water partition coefficient (Wildman–Crippen LogP) is 2.80. The summed E-state index contributed by atoms with van der Waals surface area (Å²) in [5.41, 5.74) is 3.76. The molecule has 3 nitrogen and oxygen atoms in total. The molecule has 4 heteroatoms. The SMILES string of the molecule is CNCc1cnc(SCc2ccccc2C)nc1. The van der Waals surface area contributed by atoms with Gasteiger partial charge in [0.25, 0.3) is 0 Å². The monoisotopic (exact) mass is 259 g/mol. The lowest BCUT2D eigenvalue weighted by Crippen LogP contribution is -2.05. The van der Waals surface area contributed by atoms with E-state index < -0.39 is 0 Å². The fraction of sp³-hybridized carbons (Fsp3) is 0.286. The van der Waals surface area contributed by atoms with Gasteiger partial charge in [0.05, 0.1) is 0 Å². The van der Waals surface area contributed by atoms with Crippen LogP contribution in [0.2, 0.25) is 0 Å². The number of thioether (sulfide) groups is 1. The van der Waals surface area contributed by atoms with E-state index in [1.54, 1.807) is 11.8 Å². The Kier molecular flexibility index (Phi) is 4.73. The molecule has 0 spiro atoms. The Morgan fingerprint density at radius 2 is 1.89 bits per heavy atom. The van der Waals surface area contributed by atoms with Gasteiger partial charge in [0, 0.05) is 30.3 Å². The topological polar surface area (TPSA) is 37.8 Å². The Balaban J connectivity index is 1.96. The van der Waals surface area contributed by atoms with Gasteiger partial charge in [-0.25, -0.2) is 9.97 Å². The molecular formula is C14H17N3S. The van der Waals surface area contributed by atoms with Gasteiger partial charge < -0.3 is 5.32 Å². The van der Waals surface area contributed by atoms with Gasteiger partial charge in [0.1, 0.15) is 0 Å². The summed E-state index contributed by atoms with van der Waals surface area (Å²) in [6.45, 7) is 2.94. The maximum atomic E-state index is 4.35. The van der Waals surface area contributed by atoms with Crippen LogP contribution in [0.25, 0.3) is 0 Å². The van der Waals surface area contributed by atoms with Crippen molar-refractivity contribution in [2.45, 2.75) is 24.4 Å². The quantitative estimate of drug-likeness (QED) is 0.662. The molecule has 18 heavy (non-hydrogen) atoms. The zero-order valence-corrected chi connectivity index (χ0v) is 11.5. The molecule has 0 aliphatic heterocycles. The predicted molar refractivity (Wildman–Crippen MR) is 75.5 cm³/mol. The van der Waals surface area contributed by atoms with Gasteiger partial charge in [-0.15, -0.1) is 0 Å². The summed E-state index contributed by atoms with van der Waals surface area (Å²) in [6, 6.07) is 8.41. The first-order valence-corrected chi connectivity index (χ1v) is 6.91. The second kappa shape index (κ2) is 6.52. The second-order valence-electron chi connectivity index (χ2n) is 4.12. The van der Waals surface area contributed by atoms with Gasteiger partial charge in [0.15, 0.2) is 5.16 Å². The molecular weight excluding hydrogens is 242 g/mol. The maximum absolute atomic E-state index is 4.35. The number of aromatic nitrogens is 2. The Bertz CT molecular complexity index is 497. The number of nitrogens with zero attached hydrogens (tertiary/aromatic N) is 2. The molecule has 0 bridgehead atoms. The fourth-order valence-electron chi connectivity index (χ4n) is 1.63. The van der Waals surface area contributed by atoms with E-state index in [1.807, 2.05) is 19.4 Å². The molecule has 0 aliphatic rings. The molecule has 0 fully saturated rings. The molecule has 1 heterocycles. The van der Waals surface area contributed by atoms with Crippen LogP contribution in [0.4, 0.5) is 0 Å². The summed E-state index contributed by atoms with van der Waals surface area (Å²) < 4.78 is 0. The molecule has 0 amide bonds. The molecule has 1 N–H and O–H groups in total. The maximum Gasteiger partial charge on any atom is 0.187 e. The van der Waals surface area contributed by atoms with E-state index in [0.717, 1.165) is 23.0 Å². The highest BCUT2D eigenvalue weighted by Crippen LogP contribution is 2.20. The number of hydrogen-bond donors (Lipinski definition) is 1. The van der Waals surface area contributed by atoms with E-state index in [2.05, 4.69) is 46.5 Å². The van der Waals surface area contributed by atoms with Gasteiger partial charge in [-0.2, -0.15) is 0 Å². The number of rotatable bonds is 5. The standard InChI is InChI=1S/C14H17N3S/c1-11-5-3-4-6-13(11)10-18-14-16-8-12(7-15-2)9-17-14/h3-6,8-9,15H,7,10H2,1-2H3. The minimum absolute atomic E-state index is 0.808. The third-order valence-electron chi connectivity index (χ3n) is 2.68. The molecule has 0 atom stereocenters. The van der Waals surface area contributed by atoms with Crippen LogP contribution in [0.5, 0.6) is 0 Å². The third-order valence-corrected chi connectivity index (χ3v) is 3.60. The molecule has 2 rings (SSSR count). The van der Waals surface area contributed by atoms with Gasteiger partial charge in [-0.3, -0.25) is 0 Å². The third kappa shape index (κ3) is 3.55. The van der Waals surface area contributed by atoms with Crippen molar-refractivity contribution in [2.24, 2.45) is 0 Å². The molecule has 0 saturated heterocycles. The highest BCUT2D eigenvalue weighted by atomic mass is 32.2. The van der Waals surface area contributed by atoms with E-state index in [4.69, 9.17) is 0 Å². The van der Waals surface area contributed by atoms with Crippen molar-refractivity contribution in [1.29, 1.82) is 0 Å². The Labute approximate surface area is 112 Å². The van der Waals surface area contributed by atoms with E-state index in [9.17, 15) is 0 Å². The highest BCUT2D eigenvalue weighted by molar-refractivity contribution is 7.98. The average molecular weight is 259 g/mol. The van der Waals surface area contributed by atoms with Crippen LogP contribution in [0, 0.1) is 6.92 Å². The van der Waals surface area contributed by atoms with Gasteiger partial charge in [-0.1, -0.05) is 36.0 Å². The van der Waals surface area contributed by atoms with Crippen LogP contribution in [0.3, 0.4) is 0 Å². The normalized spacial score (nSPS) is 10.6. The van der Waals surface area contributed by atoms with Gasteiger partial charge >= 0.3 is 0 Å². The van der Waals surface area contributed by atoms with E-state index >= 15 is 0 Å². The minimum Gasteiger partial charge on any atom is -0.316 e. The van der Waals surface area contributed by atoms with Crippen molar-refractivity contribution in [3.63, 3.8) is 0 Å². The van der Waals surface area contributed by atoms with Crippen LogP contribution in [0.1, 0.15) is 16.7 Å². The van der Waals surface area contributed by atoms with Crippen LogP contribution in [0.15, 0.2) is 41.8 Å². The molecule has 2 aromatic rings. The van der Waals surface area contributed by atoms with Crippen molar-refractivity contribution in [1.82, 2.24) is 15.3 Å². The van der Waals surface area contributed by atoms with Gasteiger partial charge in [-0.05, 0) is 25.1 Å². The first kappa shape index (κ1) is 13.1. The van der Waals surface area contributed by atoms with Crippen molar-refractivity contribution in [3.05, 3.63) is 53.3 Å². The largest absolute Gasteiger partial charge is 0.316 e. The van der Waals surface area contributed by atoms with E-state index in [0.29, 0.717) is 0 Å². The van der Waals surface area contributed by atoms with Crippen LogP contribution in [-0.2, 0) is 12.3 Å². The van der Waals surface area contributed by atoms with Crippen molar-refractivity contribution in [3.8, 4) is 0 Å². The average Bonchev–Trinajstić information content (AvgIpc) is 2.40. The zero-order chi connectivity index (χ0) is 12.8. The summed E-state index contributed by atoms with van der Waals surface area (Å²) in [5, 5.41) is 3.91. The van der Waals surface area contributed by atoms with Crippen molar-refractivity contribution < 1.29 is 0 Å². The summed E-state index contributed by atoms with van der Waals surface area (Å²) in [7, 11) is 1.92. The van der Waals surface area contributed by atoms with Gasteiger partial charge in [0.2, 0.25) is 0 Å². The first-order valence-electron chi connectivity index (χ1n) is 5.92. The Morgan fingerprint density at radius 1 is 1.17 bits per heavy atom. The molecule has 94 valence electrons. The molecule has 1 aromatic heterocycles. The first-order chi connectivity index (χ1) is 8.79. The molecule has 0 aliphatic carbocycles. The molecule has 1 aromatic carbocycles. The van der Waals surface area contributed by atoms with Crippen molar-refractivity contribution in [2.75, 3.05) is 7.05 Å². The Morgan fingerprint density at radius 3 is 2.56 bits per heavy atom. The van der Waals surface area contributed by atoms with Crippen LogP contribution < -0.4 is 5.32 Å². The summed E-state index contributed by atoms with van der Waals surface area (Å²) >= 11 is 1.67. The highest BCUT2D eigenvalue weighted by Gasteiger charge is 2.01. The number of aryl methyl sites for hydroxylation is 1. The second-order valence-corrected chi connectivity index (χ2v) is 5.06. The molecule has 0 radical (unpaired) electrons. The summed E-state index contributed by atoms with van der Waals surface area (Å²) in [5.74, 6) is 0.915. The van der Waals surface area contributed by atoms with Crippen molar-refractivity contribution >= 4 is 11.8 Å². The summed E-state index contributed by atoms with van der Waals surface area (Å²) in [4.78, 5) is 8.71. The minimum atomic E-state index is 0.808. The lowest BCUT2D eigenvalue weighted by atomic mass is 10.1.